The molecule has 1 atom stereocenters. The summed E-state index contributed by atoms with van der Waals surface area (Å²) in [4.78, 5) is 21.9. The van der Waals surface area contributed by atoms with E-state index in [0.717, 1.165) is 31.6 Å². The van der Waals surface area contributed by atoms with E-state index < -0.39 is 17.8 Å². The van der Waals surface area contributed by atoms with E-state index in [-0.39, 0.29) is 10.9 Å². The molecule has 1 unspecified atom stereocenters. The Bertz CT molecular complexity index is 971. The molecule has 1 aromatic carbocycles. The second kappa shape index (κ2) is 8.61. The Morgan fingerprint density at radius 2 is 2.14 bits per heavy atom. The summed E-state index contributed by atoms with van der Waals surface area (Å²) in [5, 5.41) is 9.27. The van der Waals surface area contributed by atoms with E-state index in [4.69, 9.17) is 21.3 Å². The number of methoxy groups -OCH3 is 1. The second-order valence-corrected chi connectivity index (χ2v) is 8.16. The van der Waals surface area contributed by atoms with Crippen LogP contribution in [0, 0.1) is 11.7 Å². The summed E-state index contributed by atoms with van der Waals surface area (Å²) in [6.07, 6.45) is 3.44. The van der Waals surface area contributed by atoms with E-state index in [1.807, 2.05) is 5.38 Å². The zero-order valence-corrected chi connectivity index (χ0v) is 17.3. The van der Waals surface area contributed by atoms with Gasteiger partial charge in [-0.25, -0.2) is 14.2 Å². The number of halogens is 2. The molecule has 3 heterocycles. The minimum atomic E-state index is -0.709. The number of nitrogens with one attached hydrogen (secondary N) is 2. The van der Waals surface area contributed by atoms with Crippen LogP contribution in [0.2, 0.25) is 5.02 Å². The van der Waals surface area contributed by atoms with Crippen molar-refractivity contribution in [3.8, 4) is 0 Å². The molecule has 1 aromatic heterocycles. The molecule has 0 saturated carbocycles. The normalized spacial score (nSPS) is 20.2. The van der Waals surface area contributed by atoms with Gasteiger partial charge in [0.05, 0.1) is 17.7 Å². The van der Waals surface area contributed by atoms with Gasteiger partial charge in [0, 0.05) is 23.2 Å². The SMILES string of the molecule is COC(=O)C1=C(C2CCNCC2)NC(c2nccs2)=NC1c1ccc(Cl)c(F)c1. The van der Waals surface area contributed by atoms with Crippen molar-refractivity contribution >= 4 is 34.7 Å². The molecule has 152 valence electrons. The first-order valence-electron chi connectivity index (χ1n) is 9.31. The molecule has 1 saturated heterocycles. The van der Waals surface area contributed by atoms with Crippen LogP contribution in [0.15, 0.2) is 46.0 Å². The van der Waals surface area contributed by atoms with E-state index in [1.54, 1.807) is 12.3 Å². The van der Waals surface area contributed by atoms with Crippen LogP contribution in [0.3, 0.4) is 0 Å². The predicted octanol–water partition coefficient (Wildman–Crippen LogP) is 3.45. The van der Waals surface area contributed by atoms with Crippen molar-refractivity contribution in [2.75, 3.05) is 20.2 Å². The number of piperidine rings is 1. The van der Waals surface area contributed by atoms with Crippen molar-refractivity contribution in [3.63, 3.8) is 0 Å². The number of aliphatic imine (C=N–C) groups is 1. The lowest BCUT2D eigenvalue weighted by molar-refractivity contribution is -0.136. The van der Waals surface area contributed by atoms with Crippen LogP contribution in [-0.2, 0) is 9.53 Å². The maximum absolute atomic E-state index is 14.2. The number of hydrogen-bond donors (Lipinski definition) is 2. The molecule has 0 bridgehead atoms. The summed E-state index contributed by atoms with van der Waals surface area (Å²) < 4.78 is 19.3. The highest BCUT2D eigenvalue weighted by Gasteiger charge is 2.36. The highest BCUT2D eigenvalue weighted by atomic mass is 35.5. The third kappa shape index (κ3) is 4.05. The van der Waals surface area contributed by atoms with Crippen molar-refractivity contribution in [1.29, 1.82) is 0 Å². The lowest BCUT2D eigenvalue weighted by Crippen LogP contribution is -2.40. The van der Waals surface area contributed by atoms with Gasteiger partial charge in [-0.2, -0.15) is 0 Å². The number of amidine groups is 1. The standard InChI is InChI=1S/C20H20ClFN4O2S/c1-28-20(27)15-16(11-4-6-23-7-5-11)25-18(19-24-8-9-29-19)26-17(15)12-2-3-13(21)14(22)10-12/h2-3,8-11,17,23H,4-7H2,1H3,(H,25,26). The van der Waals surface area contributed by atoms with Crippen molar-refractivity contribution in [2.24, 2.45) is 10.9 Å². The molecule has 0 aliphatic carbocycles. The minimum absolute atomic E-state index is 0.0222. The van der Waals surface area contributed by atoms with Gasteiger partial charge in [0.1, 0.15) is 11.9 Å². The molecule has 2 aromatic rings. The Hall–Kier alpha value is -2.29. The number of carbonyl (C=O) groups is 1. The lowest BCUT2D eigenvalue weighted by atomic mass is 9.86. The number of hydrogen-bond acceptors (Lipinski definition) is 7. The monoisotopic (exact) mass is 434 g/mol. The van der Waals surface area contributed by atoms with Crippen LogP contribution >= 0.6 is 22.9 Å². The van der Waals surface area contributed by atoms with E-state index >= 15 is 0 Å². The van der Waals surface area contributed by atoms with Gasteiger partial charge >= 0.3 is 5.97 Å². The quantitative estimate of drug-likeness (QED) is 0.721. The van der Waals surface area contributed by atoms with Gasteiger partial charge in [0.25, 0.3) is 0 Å². The van der Waals surface area contributed by atoms with Crippen molar-refractivity contribution < 1.29 is 13.9 Å². The lowest BCUT2D eigenvalue weighted by Gasteiger charge is -2.33. The summed E-state index contributed by atoms with van der Waals surface area (Å²) in [5.74, 6) is -0.327. The van der Waals surface area contributed by atoms with Crippen LogP contribution in [0.25, 0.3) is 0 Å². The van der Waals surface area contributed by atoms with E-state index in [0.29, 0.717) is 22.0 Å². The molecular weight excluding hydrogens is 415 g/mol. The average Bonchev–Trinajstić information content (AvgIpc) is 3.30. The molecule has 2 N–H and O–H groups in total. The number of thiazole rings is 1. The fraction of sp³-hybridized carbons (Fsp3) is 0.350. The highest BCUT2D eigenvalue weighted by Crippen LogP contribution is 2.37. The van der Waals surface area contributed by atoms with Crippen LogP contribution in [-0.4, -0.2) is 37.0 Å². The van der Waals surface area contributed by atoms with Crippen LogP contribution in [0.5, 0.6) is 0 Å². The van der Waals surface area contributed by atoms with Gasteiger partial charge in [0.2, 0.25) is 0 Å². The maximum atomic E-state index is 14.2. The smallest absolute Gasteiger partial charge is 0.338 e. The number of ether oxygens (including phenoxy) is 1. The van der Waals surface area contributed by atoms with Crippen molar-refractivity contribution in [2.45, 2.75) is 18.9 Å². The Labute approximate surface area is 176 Å². The fourth-order valence-electron chi connectivity index (χ4n) is 3.70. The molecule has 2 aliphatic rings. The van der Waals surface area contributed by atoms with E-state index in [1.165, 1.54) is 30.6 Å². The Balaban J connectivity index is 1.86. The molecule has 9 heteroatoms. The average molecular weight is 435 g/mol. The summed E-state index contributed by atoms with van der Waals surface area (Å²) in [5.41, 5.74) is 1.72. The number of aromatic nitrogens is 1. The van der Waals surface area contributed by atoms with Gasteiger partial charge in [-0.15, -0.1) is 11.3 Å². The minimum Gasteiger partial charge on any atom is -0.466 e. The number of rotatable bonds is 4. The summed E-state index contributed by atoms with van der Waals surface area (Å²) >= 11 is 7.31. The molecule has 0 amide bonds. The molecule has 4 rings (SSSR count). The number of carbonyl (C=O) groups excluding carboxylic acids is 1. The van der Waals surface area contributed by atoms with Crippen LogP contribution in [0.4, 0.5) is 4.39 Å². The van der Waals surface area contributed by atoms with Crippen LogP contribution < -0.4 is 10.6 Å². The number of benzene rings is 1. The first-order valence-corrected chi connectivity index (χ1v) is 10.6. The molecular formula is C20H20ClFN4O2S. The second-order valence-electron chi connectivity index (χ2n) is 6.86. The van der Waals surface area contributed by atoms with Gasteiger partial charge in [-0.1, -0.05) is 17.7 Å². The number of allylic oxidation sites excluding steroid dienone is 1. The Kier molecular flexibility index (Phi) is 5.94. The third-order valence-corrected chi connectivity index (χ3v) is 6.21. The van der Waals surface area contributed by atoms with Crippen molar-refractivity contribution in [3.05, 3.63) is 62.5 Å². The topological polar surface area (TPSA) is 75.6 Å². The predicted molar refractivity (Wildman–Crippen MR) is 111 cm³/mol. The van der Waals surface area contributed by atoms with Crippen LogP contribution in [0.1, 0.15) is 29.5 Å². The Morgan fingerprint density at radius 1 is 1.34 bits per heavy atom. The first kappa shape index (κ1) is 20.0. The number of esters is 1. The molecule has 6 nitrogen and oxygen atoms in total. The van der Waals surface area contributed by atoms with Gasteiger partial charge in [0.15, 0.2) is 10.8 Å². The first-order chi connectivity index (χ1) is 14.1. The summed E-state index contributed by atoms with van der Waals surface area (Å²) in [7, 11) is 1.34. The van der Waals surface area contributed by atoms with Gasteiger partial charge < -0.3 is 15.4 Å². The summed E-state index contributed by atoms with van der Waals surface area (Å²) in [6.45, 7) is 1.71. The molecule has 0 radical (unpaired) electrons. The number of nitrogens with zero attached hydrogens (tertiary/aromatic N) is 2. The van der Waals surface area contributed by atoms with E-state index in [2.05, 4.69) is 15.6 Å². The molecule has 1 fully saturated rings. The summed E-state index contributed by atoms with van der Waals surface area (Å²) in [6, 6.07) is 3.78. The molecule has 29 heavy (non-hydrogen) atoms. The fourth-order valence-corrected chi connectivity index (χ4v) is 4.41. The van der Waals surface area contributed by atoms with E-state index in [9.17, 15) is 9.18 Å². The molecule has 0 spiro atoms. The van der Waals surface area contributed by atoms with Gasteiger partial charge in [-0.05, 0) is 43.6 Å². The zero-order valence-electron chi connectivity index (χ0n) is 15.7. The largest absolute Gasteiger partial charge is 0.466 e. The highest BCUT2D eigenvalue weighted by molar-refractivity contribution is 7.11. The third-order valence-electron chi connectivity index (χ3n) is 5.12. The maximum Gasteiger partial charge on any atom is 0.338 e. The zero-order chi connectivity index (χ0) is 20.4. The Morgan fingerprint density at radius 3 is 2.79 bits per heavy atom. The van der Waals surface area contributed by atoms with Crippen molar-refractivity contribution in [1.82, 2.24) is 15.6 Å². The molecule has 2 aliphatic heterocycles. The van der Waals surface area contributed by atoms with Gasteiger partial charge in [-0.3, -0.25) is 4.99 Å².